The van der Waals surface area contributed by atoms with Crippen LogP contribution in [0, 0.1) is 13.8 Å². The molecule has 2 rings (SSSR count). The van der Waals surface area contributed by atoms with Gasteiger partial charge in [0.05, 0.1) is 11.4 Å². The van der Waals surface area contributed by atoms with Gasteiger partial charge in [0.2, 0.25) is 10.0 Å². The van der Waals surface area contributed by atoms with E-state index in [1.54, 1.807) is 12.1 Å². The van der Waals surface area contributed by atoms with E-state index in [1.165, 1.54) is 17.7 Å². The van der Waals surface area contributed by atoms with E-state index in [9.17, 15) is 13.2 Å². The van der Waals surface area contributed by atoms with Crippen molar-refractivity contribution in [1.29, 1.82) is 0 Å². The second kappa shape index (κ2) is 9.38. The van der Waals surface area contributed by atoms with Crippen LogP contribution in [0.15, 0.2) is 47.4 Å². The van der Waals surface area contributed by atoms with Crippen molar-refractivity contribution in [3.63, 3.8) is 0 Å². The Morgan fingerprint density at radius 3 is 2.30 bits per heavy atom. The quantitative estimate of drug-likeness (QED) is 0.597. The average molecular weight is 391 g/mol. The minimum Gasteiger partial charge on any atom is -0.492 e. The Kier molecular flexibility index (Phi) is 7.20. The van der Waals surface area contributed by atoms with Crippen molar-refractivity contribution in [2.24, 2.45) is 5.14 Å². The first-order chi connectivity index (χ1) is 12.8. The maximum atomic E-state index is 11.8. The second-order valence-corrected chi connectivity index (χ2v) is 7.78. The lowest BCUT2D eigenvalue weighted by atomic mass is 10.1. The van der Waals surface area contributed by atoms with Crippen molar-refractivity contribution in [2.75, 3.05) is 19.7 Å². The molecule has 0 aliphatic rings. The highest BCUT2D eigenvalue weighted by Crippen LogP contribution is 2.16. The van der Waals surface area contributed by atoms with Gasteiger partial charge in [-0.1, -0.05) is 18.2 Å². The van der Waals surface area contributed by atoms with Gasteiger partial charge in [0.25, 0.3) is 0 Å². The van der Waals surface area contributed by atoms with E-state index < -0.39 is 10.0 Å². The van der Waals surface area contributed by atoms with E-state index in [2.05, 4.69) is 10.6 Å². The summed E-state index contributed by atoms with van der Waals surface area (Å²) in [5, 5.41) is 10.5. The van der Waals surface area contributed by atoms with Crippen LogP contribution >= 0.6 is 0 Å². The molecule has 27 heavy (non-hydrogen) atoms. The zero-order chi connectivity index (χ0) is 19.9. The van der Waals surface area contributed by atoms with Gasteiger partial charge in [-0.15, -0.1) is 0 Å². The number of sulfonamides is 1. The second-order valence-electron chi connectivity index (χ2n) is 6.22. The number of carbonyl (C=O) groups excluding carboxylic acids is 1. The Balaban J connectivity index is 1.64. The Morgan fingerprint density at radius 1 is 1.00 bits per heavy atom. The van der Waals surface area contributed by atoms with Crippen molar-refractivity contribution < 1.29 is 17.9 Å². The smallest absolute Gasteiger partial charge is 0.314 e. The standard InChI is InChI=1S/C19H25N3O4S/c1-14-3-6-17(13-15(14)2)26-12-11-22-19(23)21-10-9-16-4-7-18(8-5-16)27(20,24)25/h3-8,13H,9-12H2,1-2H3,(H2,20,24,25)(H2,21,22,23). The first kappa shape index (κ1) is 20.7. The summed E-state index contributed by atoms with van der Waals surface area (Å²) in [7, 11) is -3.68. The molecule has 0 aliphatic heterocycles. The van der Waals surface area contributed by atoms with Crippen LogP contribution in [0.5, 0.6) is 5.75 Å². The summed E-state index contributed by atoms with van der Waals surface area (Å²) in [4.78, 5) is 11.8. The molecule has 0 fully saturated rings. The number of carbonyl (C=O) groups is 1. The molecule has 0 spiro atoms. The van der Waals surface area contributed by atoms with E-state index >= 15 is 0 Å². The summed E-state index contributed by atoms with van der Waals surface area (Å²) in [5.41, 5.74) is 3.27. The zero-order valence-electron chi connectivity index (χ0n) is 15.5. The van der Waals surface area contributed by atoms with Crippen LogP contribution in [0.3, 0.4) is 0 Å². The molecular formula is C19H25N3O4S. The normalized spacial score (nSPS) is 11.1. The molecule has 2 aromatic carbocycles. The monoisotopic (exact) mass is 391 g/mol. The number of rotatable bonds is 8. The lowest BCUT2D eigenvalue weighted by Crippen LogP contribution is -2.38. The Morgan fingerprint density at radius 2 is 1.67 bits per heavy atom. The number of hydrogen-bond acceptors (Lipinski definition) is 4. The van der Waals surface area contributed by atoms with E-state index in [0.29, 0.717) is 26.1 Å². The van der Waals surface area contributed by atoms with Crippen molar-refractivity contribution in [3.8, 4) is 5.75 Å². The molecule has 0 aromatic heterocycles. The van der Waals surface area contributed by atoms with E-state index in [-0.39, 0.29) is 10.9 Å². The van der Waals surface area contributed by atoms with Gasteiger partial charge in [-0.2, -0.15) is 0 Å². The Bertz CT molecular complexity index is 880. The summed E-state index contributed by atoms with van der Waals surface area (Å²) >= 11 is 0. The molecule has 0 unspecified atom stereocenters. The Labute approximate surface area is 160 Å². The van der Waals surface area contributed by atoms with Gasteiger partial charge in [0, 0.05) is 6.54 Å². The molecule has 2 aromatic rings. The van der Waals surface area contributed by atoms with Crippen LogP contribution in [-0.4, -0.2) is 34.1 Å². The molecule has 0 aliphatic carbocycles. The number of primary sulfonamides is 1. The lowest BCUT2D eigenvalue weighted by Gasteiger charge is -2.10. The van der Waals surface area contributed by atoms with Crippen LogP contribution in [0.2, 0.25) is 0 Å². The van der Waals surface area contributed by atoms with Gasteiger partial charge in [0.1, 0.15) is 12.4 Å². The molecule has 0 bridgehead atoms. The van der Waals surface area contributed by atoms with Crippen LogP contribution in [0.4, 0.5) is 4.79 Å². The summed E-state index contributed by atoms with van der Waals surface area (Å²) in [6.45, 7) is 5.27. The zero-order valence-corrected chi connectivity index (χ0v) is 16.3. The fourth-order valence-corrected chi connectivity index (χ4v) is 2.88. The highest BCUT2D eigenvalue weighted by atomic mass is 32.2. The predicted octanol–water partition coefficient (Wildman–Crippen LogP) is 1.87. The lowest BCUT2D eigenvalue weighted by molar-refractivity contribution is 0.236. The highest BCUT2D eigenvalue weighted by Gasteiger charge is 2.07. The largest absolute Gasteiger partial charge is 0.492 e. The van der Waals surface area contributed by atoms with Gasteiger partial charge in [-0.25, -0.2) is 18.4 Å². The number of urea groups is 1. The molecule has 0 saturated carbocycles. The molecule has 4 N–H and O–H groups in total. The van der Waals surface area contributed by atoms with E-state index in [4.69, 9.17) is 9.88 Å². The molecule has 146 valence electrons. The molecule has 0 saturated heterocycles. The van der Waals surface area contributed by atoms with Crippen molar-refractivity contribution >= 4 is 16.1 Å². The molecule has 2 amide bonds. The molecule has 0 radical (unpaired) electrons. The SMILES string of the molecule is Cc1ccc(OCCNC(=O)NCCc2ccc(S(N)(=O)=O)cc2)cc1C. The summed E-state index contributed by atoms with van der Waals surface area (Å²) < 4.78 is 28.0. The first-order valence-electron chi connectivity index (χ1n) is 8.59. The van der Waals surface area contributed by atoms with E-state index in [1.807, 2.05) is 32.0 Å². The maximum absolute atomic E-state index is 11.8. The fourth-order valence-electron chi connectivity index (χ4n) is 2.37. The Hall–Kier alpha value is -2.58. The van der Waals surface area contributed by atoms with Gasteiger partial charge >= 0.3 is 6.03 Å². The summed E-state index contributed by atoms with van der Waals surface area (Å²) in [6, 6.07) is 11.9. The van der Waals surface area contributed by atoms with Crippen molar-refractivity contribution in [3.05, 3.63) is 59.2 Å². The van der Waals surface area contributed by atoms with Crippen LogP contribution in [-0.2, 0) is 16.4 Å². The molecule has 0 atom stereocenters. The minimum atomic E-state index is -3.68. The number of hydrogen-bond donors (Lipinski definition) is 3. The highest BCUT2D eigenvalue weighted by molar-refractivity contribution is 7.89. The first-order valence-corrected chi connectivity index (χ1v) is 10.1. The molecule has 0 heterocycles. The van der Waals surface area contributed by atoms with Crippen molar-refractivity contribution in [2.45, 2.75) is 25.2 Å². The van der Waals surface area contributed by atoms with Gasteiger partial charge in [0.15, 0.2) is 0 Å². The van der Waals surface area contributed by atoms with Gasteiger partial charge in [-0.3, -0.25) is 0 Å². The van der Waals surface area contributed by atoms with Crippen LogP contribution in [0.25, 0.3) is 0 Å². The molecule has 8 heteroatoms. The third kappa shape index (κ3) is 6.92. The molecular weight excluding hydrogens is 366 g/mol. The minimum absolute atomic E-state index is 0.0701. The maximum Gasteiger partial charge on any atom is 0.314 e. The number of benzene rings is 2. The van der Waals surface area contributed by atoms with Gasteiger partial charge < -0.3 is 15.4 Å². The van der Waals surface area contributed by atoms with Crippen LogP contribution < -0.4 is 20.5 Å². The van der Waals surface area contributed by atoms with E-state index in [0.717, 1.165) is 16.9 Å². The van der Waals surface area contributed by atoms with Crippen LogP contribution in [0.1, 0.15) is 16.7 Å². The number of aryl methyl sites for hydroxylation is 2. The third-order valence-corrected chi connectivity index (χ3v) is 5.02. The summed E-state index contributed by atoms with van der Waals surface area (Å²) in [6.07, 6.45) is 0.581. The predicted molar refractivity (Wildman–Crippen MR) is 104 cm³/mol. The number of nitrogens with two attached hydrogens (primary N) is 1. The number of nitrogens with one attached hydrogen (secondary N) is 2. The fraction of sp³-hybridized carbons (Fsp3) is 0.316. The number of ether oxygens (including phenoxy) is 1. The third-order valence-electron chi connectivity index (χ3n) is 4.09. The number of amides is 2. The topological polar surface area (TPSA) is 111 Å². The molecule has 7 nitrogen and oxygen atoms in total. The summed E-state index contributed by atoms with van der Waals surface area (Å²) in [5.74, 6) is 0.781. The average Bonchev–Trinajstić information content (AvgIpc) is 2.61. The van der Waals surface area contributed by atoms with Crippen molar-refractivity contribution in [1.82, 2.24) is 10.6 Å². The van der Waals surface area contributed by atoms with Gasteiger partial charge in [-0.05, 0) is 61.2 Å².